The molecule has 0 unspecified atom stereocenters. The number of hydrogen-bond acceptors (Lipinski definition) is 4. The molecule has 4 nitrogen and oxygen atoms in total. The number of ether oxygens (including phenoxy) is 1. The maximum atomic E-state index is 6.68. The fraction of sp³-hybridized carbons (Fsp3) is 0.435. The first-order chi connectivity index (χ1) is 14.5. The van der Waals surface area contributed by atoms with Crippen LogP contribution in [0.15, 0.2) is 46.0 Å². The maximum absolute atomic E-state index is 6.68. The fourth-order valence-corrected chi connectivity index (χ4v) is 5.70. The van der Waals surface area contributed by atoms with E-state index >= 15 is 0 Å². The maximum Gasteiger partial charge on any atom is 0.200 e. The van der Waals surface area contributed by atoms with Crippen molar-refractivity contribution in [3.8, 4) is 5.75 Å². The Morgan fingerprint density at radius 2 is 1.90 bits per heavy atom. The van der Waals surface area contributed by atoms with E-state index in [2.05, 4.69) is 57.0 Å². The Morgan fingerprint density at radius 3 is 2.60 bits per heavy atom. The van der Waals surface area contributed by atoms with Crippen molar-refractivity contribution < 1.29 is 4.74 Å². The number of hydrogen-bond donors (Lipinski definition) is 0. The topological polar surface area (TPSA) is 28.1 Å². The third-order valence-electron chi connectivity index (χ3n) is 6.37. The summed E-state index contributed by atoms with van der Waals surface area (Å²) < 4.78 is 7.75. The molecule has 2 aromatic rings. The van der Waals surface area contributed by atoms with Crippen LogP contribution < -0.4 is 4.74 Å². The smallest absolute Gasteiger partial charge is 0.200 e. The second kappa shape index (κ2) is 8.01. The van der Waals surface area contributed by atoms with Gasteiger partial charge in [-0.25, -0.2) is 5.01 Å². The Bertz CT molecular complexity index is 987. The molecule has 0 aromatic heterocycles. The molecule has 1 saturated heterocycles. The van der Waals surface area contributed by atoms with Gasteiger partial charge in [-0.1, -0.05) is 58.2 Å². The summed E-state index contributed by atoms with van der Waals surface area (Å²) in [5.74, 6) is 0.776. The van der Waals surface area contributed by atoms with Gasteiger partial charge in [-0.2, -0.15) is 5.10 Å². The average molecular weight is 509 g/mol. The Hall–Kier alpha value is -1.27. The molecule has 1 atom stereocenters. The molecule has 3 aliphatic heterocycles. The molecule has 5 rings (SSSR count). The molecule has 158 valence electrons. The number of piperidine rings is 1. The lowest BCUT2D eigenvalue weighted by atomic mass is 9.90. The van der Waals surface area contributed by atoms with Crippen molar-refractivity contribution in [1.29, 1.82) is 0 Å². The van der Waals surface area contributed by atoms with Gasteiger partial charge in [-0.15, -0.1) is 0 Å². The van der Waals surface area contributed by atoms with E-state index in [-0.39, 0.29) is 6.04 Å². The molecule has 0 radical (unpaired) electrons. The van der Waals surface area contributed by atoms with E-state index in [4.69, 9.17) is 33.0 Å². The van der Waals surface area contributed by atoms with Gasteiger partial charge in [-0.05, 0) is 42.8 Å². The summed E-state index contributed by atoms with van der Waals surface area (Å²) in [5.41, 5.74) is 2.79. The lowest BCUT2D eigenvalue weighted by molar-refractivity contribution is -0.149. The lowest BCUT2D eigenvalue weighted by Gasteiger charge is -2.51. The largest absolute Gasteiger partial charge is 0.464 e. The summed E-state index contributed by atoms with van der Waals surface area (Å²) in [5, 5.41) is 8.55. The van der Waals surface area contributed by atoms with Crippen LogP contribution in [0.4, 0.5) is 0 Å². The van der Waals surface area contributed by atoms with Gasteiger partial charge in [0.05, 0.1) is 16.8 Å². The third-order valence-corrected chi connectivity index (χ3v) is 7.40. The molecular formula is C23H24BrCl2N3O. The molecule has 0 saturated carbocycles. The second-order valence-electron chi connectivity index (χ2n) is 8.31. The van der Waals surface area contributed by atoms with Crippen molar-refractivity contribution in [2.75, 3.05) is 19.6 Å². The van der Waals surface area contributed by atoms with E-state index in [1.807, 2.05) is 6.07 Å². The van der Waals surface area contributed by atoms with Gasteiger partial charge in [-0.3, -0.25) is 0 Å². The fourth-order valence-electron chi connectivity index (χ4n) is 4.89. The van der Waals surface area contributed by atoms with E-state index in [0.717, 1.165) is 66.0 Å². The van der Waals surface area contributed by atoms with Gasteiger partial charge >= 0.3 is 0 Å². The molecule has 0 N–H and O–H groups in total. The van der Waals surface area contributed by atoms with Crippen molar-refractivity contribution in [3.63, 3.8) is 0 Å². The summed E-state index contributed by atoms with van der Waals surface area (Å²) in [6.07, 6.45) is 3.78. The molecule has 0 amide bonds. The first-order valence-corrected chi connectivity index (χ1v) is 12.1. The molecule has 1 fully saturated rings. The van der Waals surface area contributed by atoms with Crippen molar-refractivity contribution in [1.82, 2.24) is 9.91 Å². The zero-order valence-corrected chi connectivity index (χ0v) is 20.0. The van der Waals surface area contributed by atoms with Gasteiger partial charge in [0.25, 0.3) is 0 Å². The summed E-state index contributed by atoms with van der Waals surface area (Å²) in [6, 6.07) is 12.2. The van der Waals surface area contributed by atoms with Crippen LogP contribution >= 0.6 is 39.1 Å². The molecule has 2 aromatic carbocycles. The lowest BCUT2D eigenvalue weighted by Crippen LogP contribution is -2.59. The van der Waals surface area contributed by atoms with Crippen LogP contribution in [0, 0.1) is 0 Å². The minimum absolute atomic E-state index is 0.0846. The molecular weight excluding hydrogens is 485 g/mol. The van der Waals surface area contributed by atoms with Gasteiger partial charge < -0.3 is 9.64 Å². The van der Waals surface area contributed by atoms with Crippen molar-refractivity contribution in [2.24, 2.45) is 5.10 Å². The van der Waals surface area contributed by atoms with Crippen LogP contribution in [-0.4, -0.2) is 41.0 Å². The SMILES string of the molecule is CCCN1CCC2(CC1)Oc1c(Cl)cc(Cl)cc1[C@@H]1CC(c3ccc(Br)cc3)=NN12. The number of likely N-dealkylation sites (tertiary alicyclic amines) is 1. The Kier molecular flexibility index (Phi) is 5.51. The monoisotopic (exact) mass is 507 g/mol. The highest BCUT2D eigenvalue weighted by Crippen LogP contribution is 2.52. The van der Waals surface area contributed by atoms with E-state index in [0.29, 0.717) is 10.0 Å². The van der Waals surface area contributed by atoms with E-state index in [1.54, 1.807) is 6.07 Å². The number of nitrogens with zero attached hydrogens (tertiary/aromatic N) is 3. The number of benzene rings is 2. The quantitative estimate of drug-likeness (QED) is 0.473. The zero-order valence-electron chi connectivity index (χ0n) is 16.9. The van der Waals surface area contributed by atoms with Crippen LogP contribution in [0.5, 0.6) is 5.75 Å². The predicted octanol–water partition coefficient (Wildman–Crippen LogP) is 6.50. The average Bonchev–Trinajstić information content (AvgIpc) is 3.18. The Morgan fingerprint density at radius 1 is 1.17 bits per heavy atom. The van der Waals surface area contributed by atoms with Crippen molar-refractivity contribution >= 4 is 44.8 Å². The third kappa shape index (κ3) is 3.54. The summed E-state index contributed by atoms with van der Waals surface area (Å²) in [6.45, 7) is 5.36. The van der Waals surface area contributed by atoms with E-state index in [1.165, 1.54) is 6.42 Å². The first kappa shape index (κ1) is 20.6. The summed E-state index contributed by atoms with van der Waals surface area (Å²) in [4.78, 5) is 2.51. The second-order valence-corrected chi connectivity index (χ2v) is 10.1. The Labute approximate surface area is 195 Å². The number of fused-ring (bicyclic) bond motifs is 4. The summed E-state index contributed by atoms with van der Waals surface area (Å²) >= 11 is 16.5. The molecule has 0 aliphatic carbocycles. The van der Waals surface area contributed by atoms with Crippen molar-refractivity contribution in [3.05, 3.63) is 62.0 Å². The van der Waals surface area contributed by atoms with Gasteiger partial charge in [0.2, 0.25) is 5.72 Å². The van der Waals surface area contributed by atoms with Crippen LogP contribution in [0.2, 0.25) is 10.0 Å². The van der Waals surface area contributed by atoms with E-state index in [9.17, 15) is 0 Å². The molecule has 1 spiro atoms. The van der Waals surface area contributed by atoms with Crippen LogP contribution in [0.25, 0.3) is 0 Å². The Balaban J connectivity index is 1.55. The van der Waals surface area contributed by atoms with Crippen LogP contribution in [0.1, 0.15) is 49.8 Å². The highest BCUT2D eigenvalue weighted by Gasteiger charge is 2.52. The van der Waals surface area contributed by atoms with Crippen molar-refractivity contribution in [2.45, 2.75) is 44.4 Å². The van der Waals surface area contributed by atoms with E-state index < -0.39 is 5.72 Å². The first-order valence-electron chi connectivity index (χ1n) is 10.5. The van der Waals surface area contributed by atoms with Gasteiger partial charge in [0, 0.05) is 47.4 Å². The molecule has 3 aliphatic rings. The highest BCUT2D eigenvalue weighted by atomic mass is 79.9. The highest BCUT2D eigenvalue weighted by molar-refractivity contribution is 9.10. The summed E-state index contributed by atoms with van der Waals surface area (Å²) in [7, 11) is 0. The minimum Gasteiger partial charge on any atom is -0.464 e. The predicted molar refractivity (Wildman–Crippen MR) is 126 cm³/mol. The molecule has 3 heterocycles. The molecule has 7 heteroatoms. The van der Waals surface area contributed by atoms with Gasteiger partial charge in [0.1, 0.15) is 5.75 Å². The molecule has 0 bridgehead atoms. The van der Waals surface area contributed by atoms with Crippen LogP contribution in [-0.2, 0) is 0 Å². The normalized spacial score (nSPS) is 22.5. The van der Waals surface area contributed by atoms with Crippen LogP contribution in [0.3, 0.4) is 0 Å². The number of halogens is 3. The standard InChI is InChI=1S/C23H24BrCl2N3O/c1-2-9-28-10-7-23(8-11-28)29-21(18-12-17(25)13-19(26)22(18)30-23)14-20(27-29)15-3-5-16(24)6-4-15/h3-6,12-13,21H,2,7-11,14H2,1H3/t21-/m0/s1. The molecule has 30 heavy (non-hydrogen) atoms. The zero-order chi connectivity index (χ0) is 20.9. The minimum atomic E-state index is -0.462. The number of rotatable bonds is 3. The number of hydrazone groups is 1. The van der Waals surface area contributed by atoms with Gasteiger partial charge in [0.15, 0.2) is 0 Å².